The van der Waals surface area contributed by atoms with E-state index in [1.165, 1.54) is 0 Å². The van der Waals surface area contributed by atoms with Crippen LogP contribution in [0.15, 0.2) is 48.1 Å². The number of carbonyl (C=O) groups excluding carboxylic acids is 1. The first-order valence-corrected chi connectivity index (χ1v) is 11.0. The number of rotatable bonds is 8. The van der Waals surface area contributed by atoms with Crippen LogP contribution in [0.25, 0.3) is 10.9 Å². The number of nitrogens with two attached hydrogens (primary N) is 2. The first-order valence-electron chi connectivity index (χ1n) is 11.0. The summed E-state index contributed by atoms with van der Waals surface area (Å²) in [5.41, 5.74) is 12.6. The zero-order valence-electron chi connectivity index (χ0n) is 18.4. The maximum atomic E-state index is 12.8. The fraction of sp³-hybridized carbons (Fsp3) is 0.458. The number of aliphatic imine (C=N–C) groups is 1. The Balaban J connectivity index is 1.68. The number of fused-ring (bicyclic) bond motifs is 4. The van der Waals surface area contributed by atoms with Gasteiger partial charge in [-0.15, -0.1) is 6.58 Å². The van der Waals surface area contributed by atoms with E-state index in [0.29, 0.717) is 11.8 Å². The Kier molecular flexibility index (Phi) is 6.60. The van der Waals surface area contributed by atoms with Gasteiger partial charge in [0.05, 0.1) is 31.6 Å². The molecule has 5 atom stereocenters. The highest BCUT2D eigenvalue weighted by Crippen LogP contribution is 2.43. The first-order chi connectivity index (χ1) is 15.5. The van der Waals surface area contributed by atoms with Crippen molar-refractivity contribution in [3.8, 4) is 5.75 Å². The zero-order chi connectivity index (χ0) is 22.7. The molecule has 5 rings (SSSR count). The lowest BCUT2D eigenvalue weighted by Crippen LogP contribution is -2.55. The van der Waals surface area contributed by atoms with Crippen LogP contribution in [0, 0.1) is 11.8 Å². The molecule has 2 bridgehead atoms. The van der Waals surface area contributed by atoms with E-state index in [1.807, 2.05) is 24.3 Å². The van der Waals surface area contributed by atoms with Gasteiger partial charge in [0, 0.05) is 23.7 Å². The van der Waals surface area contributed by atoms with Gasteiger partial charge in [0.1, 0.15) is 11.9 Å². The molecule has 0 aliphatic carbocycles. The fourth-order valence-electron chi connectivity index (χ4n) is 5.04. The van der Waals surface area contributed by atoms with Crippen molar-refractivity contribution >= 4 is 22.8 Å². The lowest BCUT2D eigenvalue weighted by molar-refractivity contribution is -0.157. The Morgan fingerprint density at radius 2 is 2.25 bits per heavy atom. The number of esters is 1. The summed E-state index contributed by atoms with van der Waals surface area (Å²) in [4.78, 5) is 23.6. The molecule has 4 N–H and O–H groups in total. The Morgan fingerprint density at radius 3 is 2.94 bits per heavy atom. The minimum Gasteiger partial charge on any atom is -0.497 e. The molecule has 3 aliphatic heterocycles. The van der Waals surface area contributed by atoms with Gasteiger partial charge in [-0.25, -0.2) is 0 Å². The number of hydrogen-bond donors (Lipinski definition) is 2. The zero-order valence-corrected chi connectivity index (χ0v) is 18.4. The molecule has 32 heavy (non-hydrogen) atoms. The molecule has 1 aromatic heterocycles. The van der Waals surface area contributed by atoms with E-state index in [-0.39, 0.29) is 30.9 Å². The Bertz CT molecular complexity index is 1020. The van der Waals surface area contributed by atoms with E-state index < -0.39 is 6.10 Å². The van der Waals surface area contributed by atoms with Crippen LogP contribution in [0.5, 0.6) is 5.75 Å². The standard InChI is InChI=1S/C24H31N5O3/c1-3-15-14-29-11-8-16(15)12-21(29)23(32-22(30)7-10-28-24(25)26)18-6-9-27-20-5-4-17(31-2)13-19(18)20/h3-6,9,13,15-16,21,23H,1,7-8,10-12,14H2,2H3,(H4,25,26,28)/t15-,16+,21+,23-/m1/s1. The summed E-state index contributed by atoms with van der Waals surface area (Å²) in [6.45, 7) is 6.16. The van der Waals surface area contributed by atoms with E-state index in [0.717, 1.165) is 48.1 Å². The summed E-state index contributed by atoms with van der Waals surface area (Å²) in [7, 11) is 1.64. The topological polar surface area (TPSA) is 116 Å². The highest BCUT2D eigenvalue weighted by Gasteiger charge is 2.44. The summed E-state index contributed by atoms with van der Waals surface area (Å²) >= 11 is 0. The molecular weight excluding hydrogens is 406 g/mol. The van der Waals surface area contributed by atoms with Crippen LogP contribution >= 0.6 is 0 Å². The number of piperidine rings is 3. The van der Waals surface area contributed by atoms with Crippen LogP contribution in [0.2, 0.25) is 0 Å². The van der Waals surface area contributed by atoms with E-state index >= 15 is 0 Å². The average molecular weight is 438 g/mol. The Labute approximate surface area is 188 Å². The highest BCUT2D eigenvalue weighted by molar-refractivity contribution is 5.84. The number of methoxy groups -OCH3 is 1. The van der Waals surface area contributed by atoms with Crippen LogP contribution in [-0.4, -0.2) is 54.6 Å². The summed E-state index contributed by atoms with van der Waals surface area (Å²) < 4.78 is 11.6. The minimum atomic E-state index is -0.423. The number of nitrogens with zero attached hydrogens (tertiary/aromatic N) is 3. The Morgan fingerprint density at radius 1 is 1.41 bits per heavy atom. The molecule has 3 aliphatic rings. The van der Waals surface area contributed by atoms with Gasteiger partial charge in [0.2, 0.25) is 0 Å². The number of benzene rings is 1. The molecule has 3 fully saturated rings. The summed E-state index contributed by atoms with van der Waals surface area (Å²) in [6, 6.07) is 7.81. The van der Waals surface area contributed by atoms with E-state index in [2.05, 4.69) is 27.5 Å². The van der Waals surface area contributed by atoms with E-state index in [9.17, 15) is 4.79 Å². The second-order valence-electron chi connectivity index (χ2n) is 8.50. The van der Waals surface area contributed by atoms with Crippen LogP contribution in [0.4, 0.5) is 0 Å². The number of aromatic nitrogens is 1. The van der Waals surface area contributed by atoms with Gasteiger partial charge in [-0.2, -0.15) is 0 Å². The highest BCUT2D eigenvalue weighted by atomic mass is 16.5. The SMILES string of the molecule is C=C[C@@H]1CN2CC[C@H]1C[C@H]2[C@H](OC(=O)CCN=C(N)N)c1ccnc2ccc(OC)cc12. The molecule has 8 heteroatoms. The van der Waals surface area contributed by atoms with Crippen molar-refractivity contribution in [2.24, 2.45) is 28.3 Å². The number of ether oxygens (including phenoxy) is 2. The van der Waals surface area contributed by atoms with Crippen molar-refractivity contribution in [1.82, 2.24) is 9.88 Å². The summed E-state index contributed by atoms with van der Waals surface area (Å²) in [6.07, 6.45) is 5.63. The molecular formula is C24H31N5O3. The fourth-order valence-corrected chi connectivity index (χ4v) is 5.04. The Hall–Kier alpha value is -3.13. The molecule has 0 saturated carbocycles. The maximum absolute atomic E-state index is 12.8. The predicted molar refractivity (Wildman–Crippen MR) is 124 cm³/mol. The number of pyridine rings is 1. The van der Waals surface area contributed by atoms with Gasteiger partial charge in [-0.1, -0.05) is 6.08 Å². The van der Waals surface area contributed by atoms with Crippen LogP contribution in [-0.2, 0) is 9.53 Å². The lowest BCUT2D eigenvalue weighted by Gasteiger charge is -2.51. The average Bonchev–Trinajstić information content (AvgIpc) is 2.81. The second-order valence-corrected chi connectivity index (χ2v) is 8.50. The van der Waals surface area contributed by atoms with Crippen molar-refractivity contribution in [3.05, 3.63) is 48.7 Å². The van der Waals surface area contributed by atoms with Crippen molar-refractivity contribution in [1.29, 1.82) is 0 Å². The molecule has 1 aromatic carbocycles. The van der Waals surface area contributed by atoms with E-state index in [1.54, 1.807) is 13.3 Å². The third-order valence-corrected chi connectivity index (χ3v) is 6.66. The van der Waals surface area contributed by atoms with Gasteiger partial charge in [0.25, 0.3) is 0 Å². The third kappa shape index (κ3) is 4.55. The predicted octanol–water partition coefficient (Wildman–Crippen LogP) is 2.39. The van der Waals surface area contributed by atoms with Crippen LogP contribution < -0.4 is 16.2 Å². The maximum Gasteiger partial charge on any atom is 0.308 e. The normalized spacial score (nSPS) is 25.2. The van der Waals surface area contributed by atoms with Crippen LogP contribution in [0.1, 0.15) is 30.9 Å². The van der Waals surface area contributed by atoms with Crippen molar-refractivity contribution in [2.75, 3.05) is 26.7 Å². The third-order valence-electron chi connectivity index (χ3n) is 6.66. The van der Waals surface area contributed by atoms with Gasteiger partial charge >= 0.3 is 5.97 Å². The van der Waals surface area contributed by atoms with Gasteiger partial charge in [0.15, 0.2) is 5.96 Å². The minimum absolute atomic E-state index is 0.0345. The number of guanidine groups is 1. The summed E-state index contributed by atoms with van der Waals surface area (Å²) in [5, 5.41) is 0.928. The molecule has 170 valence electrons. The number of carbonyl (C=O) groups is 1. The molecule has 0 spiro atoms. The molecule has 8 nitrogen and oxygen atoms in total. The first kappa shape index (κ1) is 22.1. The largest absolute Gasteiger partial charge is 0.497 e. The van der Waals surface area contributed by atoms with Crippen molar-refractivity contribution in [2.45, 2.75) is 31.4 Å². The molecule has 4 heterocycles. The van der Waals surface area contributed by atoms with E-state index in [4.69, 9.17) is 20.9 Å². The lowest BCUT2D eigenvalue weighted by atomic mass is 9.73. The molecule has 2 aromatic rings. The monoisotopic (exact) mass is 437 g/mol. The molecule has 0 radical (unpaired) electrons. The number of hydrogen-bond acceptors (Lipinski definition) is 6. The smallest absolute Gasteiger partial charge is 0.308 e. The van der Waals surface area contributed by atoms with Gasteiger partial charge in [-0.3, -0.25) is 19.7 Å². The van der Waals surface area contributed by atoms with Gasteiger partial charge in [-0.05, 0) is 55.5 Å². The van der Waals surface area contributed by atoms with Crippen molar-refractivity contribution in [3.63, 3.8) is 0 Å². The second kappa shape index (κ2) is 9.56. The van der Waals surface area contributed by atoms with Gasteiger partial charge < -0.3 is 20.9 Å². The molecule has 0 amide bonds. The molecule has 3 saturated heterocycles. The van der Waals surface area contributed by atoms with Crippen molar-refractivity contribution < 1.29 is 14.3 Å². The molecule has 1 unspecified atom stereocenters. The summed E-state index contributed by atoms with van der Waals surface area (Å²) in [5.74, 6) is 1.41. The van der Waals surface area contributed by atoms with Crippen LogP contribution in [0.3, 0.4) is 0 Å². The quantitative estimate of drug-likeness (QED) is 0.282.